The number of likely N-dealkylation sites (tertiary alicyclic amines) is 2. The van der Waals surface area contributed by atoms with Crippen molar-refractivity contribution in [3.05, 3.63) is 71.6 Å². The maximum atomic E-state index is 14.6. The van der Waals surface area contributed by atoms with Crippen molar-refractivity contribution < 1.29 is 27.9 Å². The molecule has 0 spiro atoms. The molecule has 53 heavy (non-hydrogen) atoms. The van der Waals surface area contributed by atoms with Crippen LogP contribution in [0.1, 0.15) is 88.4 Å². The van der Waals surface area contributed by atoms with Crippen LogP contribution in [0.3, 0.4) is 0 Å². The number of imidazole rings is 2. The Labute approximate surface area is 307 Å². The molecule has 2 aromatic carbocycles. The molecule has 3 atom stereocenters. The zero-order valence-electron chi connectivity index (χ0n) is 30.8. The molecule has 2 aliphatic heterocycles. The van der Waals surface area contributed by atoms with Crippen LogP contribution in [0, 0.1) is 11.8 Å². The molecule has 4 heterocycles. The molecule has 1 aliphatic carbocycles. The van der Waals surface area contributed by atoms with Crippen molar-refractivity contribution in [2.24, 2.45) is 11.8 Å². The van der Waals surface area contributed by atoms with Crippen molar-refractivity contribution in [2.45, 2.75) is 90.3 Å². The minimum Gasteiger partial charge on any atom is -0.453 e. The number of alkyl carbamates (subject to hydrolysis) is 1. The molecule has 7 rings (SSSR count). The van der Waals surface area contributed by atoms with Crippen molar-refractivity contribution in [1.82, 2.24) is 35.1 Å². The first-order chi connectivity index (χ1) is 25.3. The number of hydrogen-bond acceptors (Lipinski definition) is 6. The summed E-state index contributed by atoms with van der Waals surface area (Å²) in [5.41, 5.74) is 7.70. The van der Waals surface area contributed by atoms with Crippen LogP contribution in [0.25, 0.3) is 33.6 Å². The van der Waals surface area contributed by atoms with Gasteiger partial charge in [0.25, 0.3) is 5.92 Å². The van der Waals surface area contributed by atoms with Crippen LogP contribution in [0.5, 0.6) is 0 Å². The largest absolute Gasteiger partial charge is 0.453 e. The van der Waals surface area contributed by atoms with E-state index < -0.39 is 37.1 Å². The summed E-state index contributed by atoms with van der Waals surface area (Å²) in [6.07, 6.45) is 4.04. The number of amides is 3. The van der Waals surface area contributed by atoms with Gasteiger partial charge in [-0.05, 0) is 59.8 Å². The predicted octanol–water partition coefficient (Wildman–Crippen LogP) is 7.23. The van der Waals surface area contributed by atoms with Crippen LogP contribution in [-0.2, 0) is 27.2 Å². The second-order valence-electron chi connectivity index (χ2n) is 15.3. The quantitative estimate of drug-likeness (QED) is 0.167. The van der Waals surface area contributed by atoms with E-state index in [1.807, 2.05) is 45.9 Å². The number of aryl methyl sites for hydroxylation is 2. The fraction of sp³-hybridized carbons (Fsp3) is 0.475. The maximum absolute atomic E-state index is 14.6. The smallest absolute Gasteiger partial charge is 0.407 e. The van der Waals surface area contributed by atoms with Gasteiger partial charge in [0.15, 0.2) is 0 Å². The molecule has 3 amide bonds. The number of hydrogen-bond donors (Lipinski definition) is 3. The van der Waals surface area contributed by atoms with Gasteiger partial charge < -0.3 is 29.8 Å². The number of alkyl halides is 2. The predicted molar refractivity (Wildman–Crippen MR) is 196 cm³/mol. The third-order valence-electron chi connectivity index (χ3n) is 10.7. The van der Waals surface area contributed by atoms with Crippen LogP contribution >= 0.6 is 0 Å². The number of aromatic amines is 2. The number of halogens is 2. The van der Waals surface area contributed by atoms with E-state index in [1.165, 1.54) is 12.0 Å². The zero-order chi connectivity index (χ0) is 37.6. The molecule has 3 N–H and O–H groups in total. The van der Waals surface area contributed by atoms with Crippen molar-refractivity contribution in [2.75, 3.05) is 20.2 Å². The van der Waals surface area contributed by atoms with E-state index in [0.29, 0.717) is 24.6 Å². The van der Waals surface area contributed by atoms with Crippen molar-refractivity contribution >= 4 is 17.9 Å². The second-order valence-corrected chi connectivity index (χ2v) is 15.3. The molecular weight excluding hydrogens is 680 g/mol. The number of methoxy groups -OCH3 is 1. The molecule has 2 aromatic heterocycles. The Morgan fingerprint density at radius 1 is 0.962 bits per heavy atom. The van der Waals surface area contributed by atoms with Crippen molar-refractivity contribution in [1.29, 1.82) is 0 Å². The molecule has 0 radical (unpaired) electrons. The molecule has 3 aliphatic rings. The van der Waals surface area contributed by atoms with E-state index in [-0.39, 0.29) is 36.1 Å². The van der Waals surface area contributed by atoms with Crippen LogP contribution in [0.4, 0.5) is 13.6 Å². The summed E-state index contributed by atoms with van der Waals surface area (Å²) in [6, 6.07) is 12.8. The number of fused-ring (bicyclic) bond motifs is 3. The molecule has 2 saturated heterocycles. The van der Waals surface area contributed by atoms with Crippen LogP contribution in [-0.4, -0.2) is 79.8 Å². The molecule has 13 heteroatoms. The second kappa shape index (κ2) is 14.4. The summed E-state index contributed by atoms with van der Waals surface area (Å²) in [4.78, 5) is 57.8. The van der Waals surface area contributed by atoms with E-state index in [2.05, 4.69) is 44.5 Å². The number of rotatable bonds is 9. The number of carbonyl (C=O) groups excluding carboxylic acids is 3. The first-order valence-electron chi connectivity index (χ1n) is 18.5. The topological polar surface area (TPSA) is 136 Å². The number of carbonyl (C=O) groups is 3. The molecule has 0 unspecified atom stereocenters. The summed E-state index contributed by atoms with van der Waals surface area (Å²) >= 11 is 0. The average molecular weight is 728 g/mol. The summed E-state index contributed by atoms with van der Waals surface area (Å²) in [7, 11) is 1.28. The van der Waals surface area contributed by atoms with Gasteiger partial charge in [0.05, 0.1) is 43.3 Å². The third kappa shape index (κ3) is 7.30. The zero-order valence-corrected chi connectivity index (χ0v) is 30.8. The van der Waals surface area contributed by atoms with E-state index in [0.717, 1.165) is 64.2 Å². The standard InChI is InChI=1S/C40H47F2N7O4/c1-22(2)17-33(50)49-21-40(41,42)19-32(49)37-44-29-15-13-27-18-26(12-14-28(27)35(29)46-37)24-8-10-25(11-9-24)30-20-43-36(45-30)31-7-6-16-48(31)38(51)34(23(3)4)47-39(52)53-5/h8-12,14,18,20,22-23,31-32,34H,6-7,13,15-17,19,21H2,1-5H3,(H,43,45)(H,44,46)(H,47,52)/t31-,32-,34-/m0/s1. The van der Waals surface area contributed by atoms with Crippen LogP contribution in [0.2, 0.25) is 0 Å². The molecular formula is C40H47F2N7O4. The monoisotopic (exact) mass is 727 g/mol. The lowest BCUT2D eigenvalue weighted by Gasteiger charge is -2.30. The van der Waals surface area contributed by atoms with Gasteiger partial charge in [-0.3, -0.25) is 9.59 Å². The fourth-order valence-corrected chi connectivity index (χ4v) is 7.94. The molecule has 0 bridgehead atoms. The van der Waals surface area contributed by atoms with Gasteiger partial charge in [-0.25, -0.2) is 23.5 Å². The van der Waals surface area contributed by atoms with Gasteiger partial charge in [0, 0.05) is 30.6 Å². The number of nitrogens with one attached hydrogen (secondary N) is 3. The first-order valence-corrected chi connectivity index (χ1v) is 18.5. The van der Waals surface area contributed by atoms with Crippen molar-refractivity contribution in [3.63, 3.8) is 0 Å². The van der Waals surface area contributed by atoms with E-state index in [9.17, 15) is 23.2 Å². The Kier molecular flexibility index (Phi) is 9.86. The Hall–Kier alpha value is -5.07. The highest BCUT2D eigenvalue weighted by molar-refractivity contribution is 5.86. The lowest BCUT2D eigenvalue weighted by atomic mass is 9.89. The van der Waals surface area contributed by atoms with Crippen molar-refractivity contribution in [3.8, 4) is 33.6 Å². The Morgan fingerprint density at radius 2 is 1.70 bits per heavy atom. The number of aromatic nitrogens is 4. The number of benzene rings is 2. The Balaban J connectivity index is 1.06. The highest BCUT2D eigenvalue weighted by Crippen LogP contribution is 2.43. The lowest BCUT2D eigenvalue weighted by molar-refractivity contribution is -0.135. The van der Waals surface area contributed by atoms with E-state index >= 15 is 0 Å². The lowest BCUT2D eigenvalue weighted by Crippen LogP contribution is -2.51. The highest BCUT2D eigenvalue weighted by Gasteiger charge is 2.49. The van der Waals surface area contributed by atoms with Gasteiger partial charge >= 0.3 is 6.09 Å². The van der Waals surface area contributed by atoms with Gasteiger partial charge in [0.2, 0.25) is 11.8 Å². The van der Waals surface area contributed by atoms with Crippen LogP contribution in [0.15, 0.2) is 48.7 Å². The molecule has 11 nitrogen and oxygen atoms in total. The fourth-order valence-electron chi connectivity index (χ4n) is 7.94. The normalized spacial score (nSPS) is 19.7. The minimum absolute atomic E-state index is 0.0762. The number of ether oxygens (including phenoxy) is 1. The number of H-pyrrole nitrogens is 2. The Bertz CT molecular complexity index is 2000. The summed E-state index contributed by atoms with van der Waals surface area (Å²) in [6.45, 7) is 7.62. The highest BCUT2D eigenvalue weighted by atomic mass is 19.3. The van der Waals surface area contributed by atoms with E-state index in [1.54, 1.807) is 11.1 Å². The molecule has 4 aromatic rings. The van der Waals surface area contributed by atoms with Gasteiger partial charge in [-0.2, -0.15) is 0 Å². The molecule has 2 fully saturated rings. The SMILES string of the molecule is COC(=O)N[C@H](C(=O)N1CCC[C@H]1c1ncc(-c2ccc(-c3ccc4c(c3)CCc3[nH]c([C@@H]5CC(F)(F)CN5C(=O)CC(C)C)nc3-4)cc2)[nH]1)C(C)C. The van der Waals surface area contributed by atoms with Crippen LogP contribution < -0.4 is 5.32 Å². The van der Waals surface area contributed by atoms with Gasteiger partial charge in [0.1, 0.15) is 17.7 Å². The summed E-state index contributed by atoms with van der Waals surface area (Å²) in [5.74, 6) is -2.26. The summed E-state index contributed by atoms with van der Waals surface area (Å²) in [5, 5.41) is 2.69. The molecule has 0 saturated carbocycles. The third-order valence-corrected chi connectivity index (χ3v) is 10.7. The Morgan fingerprint density at radius 3 is 2.42 bits per heavy atom. The van der Waals surface area contributed by atoms with E-state index in [4.69, 9.17) is 9.72 Å². The minimum atomic E-state index is -2.95. The first kappa shape index (κ1) is 36.3. The van der Waals surface area contributed by atoms with Gasteiger partial charge in [-0.15, -0.1) is 0 Å². The summed E-state index contributed by atoms with van der Waals surface area (Å²) < 4.78 is 34.0. The average Bonchev–Trinajstić information content (AvgIpc) is 3.94. The number of nitrogens with zero attached hydrogens (tertiary/aromatic N) is 4. The maximum Gasteiger partial charge on any atom is 0.407 e. The molecule has 280 valence electrons. The van der Waals surface area contributed by atoms with Gasteiger partial charge in [-0.1, -0.05) is 70.2 Å².